The number of aliphatic hydroxyl groups excluding tert-OH is 1. The average molecular weight is 275 g/mol. The summed E-state index contributed by atoms with van der Waals surface area (Å²) in [6.45, 7) is 5.43. The molecular formula is C13H21ClNO3+. The first kappa shape index (κ1) is 15.1. The van der Waals surface area contributed by atoms with Crippen LogP contribution < -0.4 is 14.8 Å². The van der Waals surface area contributed by atoms with E-state index in [1.54, 1.807) is 13.2 Å². The molecule has 0 aromatic heterocycles. The topological polar surface area (TPSA) is 55.3 Å². The summed E-state index contributed by atoms with van der Waals surface area (Å²) in [6.07, 6.45) is 0.0664. The fraction of sp³-hybridized carbons (Fsp3) is 0.538. The van der Waals surface area contributed by atoms with Gasteiger partial charge in [0.05, 0.1) is 31.9 Å². The molecule has 0 fully saturated rings. The first-order chi connectivity index (χ1) is 8.58. The largest absolute Gasteiger partial charge is 0.493 e. The number of hydrogen-bond donors (Lipinski definition) is 2. The lowest BCUT2D eigenvalue weighted by Gasteiger charge is -2.17. The molecule has 0 aliphatic heterocycles. The van der Waals surface area contributed by atoms with Crippen LogP contribution in [0.25, 0.3) is 0 Å². The molecule has 5 heteroatoms. The Bertz CT molecular complexity index is 383. The zero-order valence-electron chi connectivity index (χ0n) is 11.1. The Morgan fingerprint density at radius 2 is 2.11 bits per heavy atom. The van der Waals surface area contributed by atoms with Crippen LogP contribution in [0.4, 0.5) is 0 Å². The molecule has 1 aromatic rings. The summed E-state index contributed by atoms with van der Waals surface area (Å²) >= 11 is 6.05. The van der Waals surface area contributed by atoms with E-state index in [9.17, 15) is 0 Å². The zero-order chi connectivity index (χ0) is 13.5. The van der Waals surface area contributed by atoms with Crippen molar-refractivity contribution in [3.63, 3.8) is 0 Å². The smallest absolute Gasteiger partial charge is 0.170 e. The van der Waals surface area contributed by atoms with E-state index in [0.717, 1.165) is 11.3 Å². The quantitative estimate of drug-likeness (QED) is 0.735. The summed E-state index contributed by atoms with van der Waals surface area (Å²) < 4.78 is 11.1. The lowest BCUT2D eigenvalue weighted by molar-refractivity contribution is -0.671. The normalized spacial score (nSPS) is 10.8. The Labute approximate surface area is 113 Å². The number of rotatable bonds is 7. The van der Waals surface area contributed by atoms with E-state index in [2.05, 4.69) is 0 Å². The fourth-order valence-electron chi connectivity index (χ4n) is 1.64. The van der Waals surface area contributed by atoms with Crippen LogP contribution in [0.15, 0.2) is 12.1 Å². The molecule has 0 saturated heterocycles. The second kappa shape index (κ2) is 7.46. The first-order valence-corrected chi connectivity index (χ1v) is 6.41. The minimum Gasteiger partial charge on any atom is -0.493 e. The molecule has 0 saturated carbocycles. The minimum atomic E-state index is 0.0664. The van der Waals surface area contributed by atoms with Crippen LogP contribution in [0.2, 0.25) is 5.02 Å². The molecule has 0 heterocycles. The van der Waals surface area contributed by atoms with Crippen molar-refractivity contribution in [1.29, 1.82) is 0 Å². The van der Waals surface area contributed by atoms with Gasteiger partial charge in [-0.2, -0.15) is 0 Å². The minimum absolute atomic E-state index is 0.0664. The van der Waals surface area contributed by atoms with Crippen LogP contribution in [0.1, 0.15) is 19.4 Å². The zero-order valence-corrected chi connectivity index (χ0v) is 11.8. The molecule has 0 unspecified atom stereocenters. The second-order valence-corrected chi connectivity index (χ2v) is 4.70. The van der Waals surface area contributed by atoms with Gasteiger partial charge in [0.1, 0.15) is 6.54 Å². The third-order valence-corrected chi connectivity index (χ3v) is 2.59. The number of benzene rings is 1. The van der Waals surface area contributed by atoms with E-state index in [1.807, 2.05) is 25.2 Å². The maximum absolute atomic E-state index is 8.80. The molecule has 0 aliphatic rings. The van der Waals surface area contributed by atoms with Gasteiger partial charge >= 0.3 is 0 Å². The molecule has 0 atom stereocenters. The van der Waals surface area contributed by atoms with E-state index in [-0.39, 0.29) is 12.7 Å². The van der Waals surface area contributed by atoms with Crippen molar-refractivity contribution in [2.75, 3.05) is 20.3 Å². The first-order valence-electron chi connectivity index (χ1n) is 6.04. The van der Waals surface area contributed by atoms with Crippen LogP contribution >= 0.6 is 11.6 Å². The molecule has 4 nitrogen and oxygen atoms in total. The van der Waals surface area contributed by atoms with Crippen LogP contribution in [0.3, 0.4) is 0 Å². The number of methoxy groups -OCH3 is 1. The lowest BCUT2D eigenvalue weighted by Crippen LogP contribution is -2.83. The Morgan fingerprint density at radius 3 is 2.67 bits per heavy atom. The fourth-order valence-corrected chi connectivity index (χ4v) is 1.88. The van der Waals surface area contributed by atoms with Crippen LogP contribution in [-0.2, 0) is 6.54 Å². The van der Waals surface area contributed by atoms with Crippen molar-refractivity contribution in [3.8, 4) is 11.5 Å². The number of ether oxygens (including phenoxy) is 2. The molecular weight excluding hydrogens is 254 g/mol. The molecule has 1 aromatic carbocycles. The highest BCUT2D eigenvalue weighted by atomic mass is 35.5. The van der Waals surface area contributed by atoms with E-state index in [0.29, 0.717) is 23.9 Å². The van der Waals surface area contributed by atoms with Gasteiger partial charge in [0.15, 0.2) is 11.5 Å². The number of nitrogens with two attached hydrogens (primary N) is 1. The van der Waals surface area contributed by atoms with Crippen molar-refractivity contribution in [2.45, 2.75) is 26.5 Å². The van der Waals surface area contributed by atoms with Gasteiger partial charge in [-0.1, -0.05) is 11.6 Å². The Hall–Kier alpha value is -0.970. The highest BCUT2D eigenvalue weighted by molar-refractivity contribution is 6.30. The standard InChI is InChI=1S/C13H20ClNO3/c1-9(2)18-13-10(8-15-4-5-16)6-11(14)7-12(13)17-3/h6-7,9,15-16H,4-5,8H2,1-3H3/p+1. The van der Waals surface area contributed by atoms with Crippen LogP contribution in [0.5, 0.6) is 11.5 Å². The highest BCUT2D eigenvalue weighted by Crippen LogP contribution is 2.35. The monoisotopic (exact) mass is 274 g/mol. The third-order valence-electron chi connectivity index (χ3n) is 2.37. The maximum Gasteiger partial charge on any atom is 0.170 e. The number of halogens is 1. The lowest BCUT2D eigenvalue weighted by atomic mass is 10.1. The summed E-state index contributed by atoms with van der Waals surface area (Å²) in [6, 6.07) is 3.62. The van der Waals surface area contributed by atoms with Gasteiger partial charge in [-0.3, -0.25) is 0 Å². The Morgan fingerprint density at radius 1 is 1.39 bits per heavy atom. The molecule has 0 radical (unpaired) electrons. The molecule has 0 bridgehead atoms. The molecule has 3 N–H and O–H groups in total. The summed E-state index contributed by atoms with van der Waals surface area (Å²) in [4.78, 5) is 0. The molecule has 102 valence electrons. The molecule has 0 aliphatic carbocycles. The van der Waals surface area contributed by atoms with Gasteiger partial charge in [-0.25, -0.2) is 0 Å². The highest BCUT2D eigenvalue weighted by Gasteiger charge is 2.15. The summed E-state index contributed by atoms with van der Waals surface area (Å²) in [7, 11) is 1.60. The Kier molecular flexibility index (Phi) is 6.25. The van der Waals surface area contributed by atoms with Gasteiger partial charge < -0.3 is 19.9 Å². The van der Waals surface area contributed by atoms with Crippen molar-refractivity contribution in [3.05, 3.63) is 22.7 Å². The van der Waals surface area contributed by atoms with Crippen molar-refractivity contribution in [2.24, 2.45) is 0 Å². The molecule has 18 heavy (non-hydrogen) atoms. The van der Waals surface area contributed by atoms with Crippen LogP contribution in [0, 0.1) is 0 Å². The Balaban J connectivity index is 2.99. The van der Waals surface area contributed by atoms with Gasteiger partial charge in [0.2, 0.25) is 0 Å². The summed E-state index contributed by atoms with van der Waals surface area (Å²) in [5.41, 5.74) is 0.974. The number of aliphatic hydroxyl groups is 1. The average Bonchev–Trinajstić information content (AvgIpc) is 2.31. The molecule has 0 amide bonds. The predicted molar refractivity (Wildman–Crippen MR) is 71.4 cm³/mol. The van der Waals surface area contributed by atoms with E-state index in [1.165, 1.54) is 0 Å². The predicted octanol–water partition coefficient (Wildman–Crippen LogP) is 1.19. The van der Waals surface area contributed by atoms with Crippen LogP contribution in [-0.4, -0.2) is 31.5 Å². The summed E-state index contributed by atoms with van der Waals surface area (Å²) in [5, 5.41) is 11.4. The van der Waals surface area contributed by atoms with Crippen molar-refractivity contribution in [1.82, 2.24) is 0 Å². The second-order valence-electron chi connectivity index (χ2n) is 4.27. The number of quaternary nitrogens is 1. The van der Waals surface area contributed by atoms with E-state index in [4.69, 9.17) is 26.2 Å². The van der Waals surface area contributed by atoms with E-state index >= 15 is 0 Å². The number of hydrogen-bond acceptors (Lipinski definition) is 3. The SMILES string of the molecule is COc1cc(Cl)cc(C[NH2+]CCO)c1OC(C)C. The van der Waals surface area contributed by atoms with Crippen molar-refractivity contribution < 1.29 is 19.9 Å². The van der Waals surface area contributed by atoms with Gasteiger partial charge in [0, 0.05) is 11.1 Å². The maximum atomic E-state index is 8.80. The van der Waals surface area contributed by atoms with Gasteiger partial charge in [0.25, 0.3) is 0 Å². The molecule has 0 spiro atoms. The third kappa shape index (κ3) is 4.37. The van der Waals surface area contributed by atoms with Gasteiger partial charge in [-0.15, -0.1) is 0 Å². The molecule has 1 rings (SSSR count). The van der Waals surface area contributed by atoms with E-state index < -0.39 is 0 Å². The van der Waals surface area contributed by atoms with Gasteiger partial charge in [-0.05, 0) is 19.9 Å². The van der Waals surface area contributed by atoms with Crippen molar-refractivity contribution >= 4 is 11.6 Å². The summed E-state index contributed by atoms with van der Waals surface area (Å²) in [5.74, 6) is 1.37.